The summed E-state index contributed by atoms with van der Waals surface area (Å²) in [6.07, 6.45) is 3.95. The van der Waals surface area contributed by atoms with Gasteiger partial charge in [-0.05, 0) is 25.5 Å². The summed E-state index contributed by atoms with van der Waals surface area (Å²) >= 11 is 0. The maximum absolute atomic E-state index is 13.7. The second-order valence-corrected chi connectivity index (χ2v) is 4.05. The third-order valence-electron chi connectivity index (χ3n) is 2.42. The number of rotatable bonds is 6. The van der Waals surface area contributed by atoms with Crippen LogP contribution in [0.1, 0.15) is 32.3 Å². The van der Waals surface area contributed by atoms with Crippen molar-refractivity contribution < 1.29 is 19.0 Å². The van der Waals surface area contributed by atoms with Gasteiger partial charge in [-0.2, -0.15) is 0 Å². The Hall–Kier alpha value is -1.84. The van der Waals surface area contributed by atoms with E-state index in [0.29, 0.717) is 5.56 Å². The molecule has 0 saturated heterocycles. The summed E-state index contributed by atoms with van der Waals surface area (Å²) in [4.78, 5) is 10.5. The van der Waals surface area contributed by atoms with E-state index in [1.165, 1.54) is 18.2 Å². The Morgan fingerprint density at radius 1 is 1.56 bits per heavy atom. The molecule has 1 N–H and O–H groups in total. The van der Waals surface area contributed by atoms with Gasteiger partial charge in [0.05, 0.1) is 6.10 Å². The molecule has 0 saturated carbocycles. The summed E-state index contributed by atoms with van der Waals surface area (Å²) < 4.78 is 19.2. The molecule has 0 aliphatic rings. The molecule has 0 aliphatic carbocycles. The number of benzene rings is 1. The maximum Gasteiger partial charge on any atom is 0.328 e. The van der Waals surface area contributed by atoms with Crippen LogP contribution in [0.5, 0.6) is 5.75 Å². The van der Waals surface area contributed by atoms with Crippen molar-refractivity contribution in [3.8, 4) is 5.75 Å². The molecule has 0 bridgehead atoms. The molecule has 0 aromatic heterocycles. The first-order valence-corrected chi connectivity index (χ1v) is 5.90. The topological polar surface area (TPSA) is 46.5 Å². The van der Waals surface area contributed by atoms with Crippen molar-refractivity contribution in [2.24, 2.45) is 0 Å². The Bertz CT molecular complexity index is 441. The highest BCUT2D eigenvalue weighted by Crippen LogP contribution is 2.25. The predicted molar refractivity (Wildman–Crippen MR) is 68.1 cm³/mol. The van der Waals surface area contributed by atoms with Crippen LogP contribution in [0.2, 0.25) is 0 Å². The smallest absolute Gasteiger partial charge is 0.328 e. The van der Waals surface area contributed by atoms with Crippen molar-refractivity contribution in [3.05, 3.63) is 35.7 Å². The molecule has 1 unspecified atom stereocenters. The van der Waals surface area contributed by atoms with Gasteiger partial charge in [0.25, 0.3) is 0 Å². The molecular formula is C14H17FO3. The fraction of sp³-hybridized carbons (Fsp3) is 0.357. The van der Waals surface area contributed by atoms with Gasteiger partial charge in [0.2, 0.25) is 0 Å². The van der Waals surface area contributed by atoms with E-state index in [4.69, 9.17) is 9.84 Å². The van der Waals surface area contributed by atoms with Crippen LogP contribution in [-0.2, 0) is 4.79 Å². The van der Waals surface area contributed by atoms with E-state index >= 15 is 0 Å². The summed E-state index contributed by atoms with van der Waals surface area (Å²) in [5, 5.41) is 8.58. The largest absolute Gasteiger partial charge is 0.487 e. The van der Waals surface area contributed by atoms with Crippen molar-refractivity contribution in [2.45, 2.75) is 32.8 Å². The van der Waals surface area contributed by atoms with Gasteiger partial charge in [0.1, 0.15) is 0 Å². The lowest BCUT2D eigenvalue weighted by molar-refractivity contribution is -0.131. The second-order valence-electron chi connectivity index (χ2n) is 4.05. The first-order chi connectivity index (χ1) is 8.54. The minimum Gasteiger partial charge on any atom is -0.487 e. The number of aliphatic carboxylic acids is 1. The van der Waals surface area contributed by atoms with Gasteiger partial charge in [-0.3, -0.25) is 0 Å². The first-order valence-electron chi connectivity index (χ1n) is 5.90. The number of ether oxygens (including phenoxy) is 1. The van der Waals surface area contributed by atoms with E-state index in [0.717, 1.165) is 18.9 Å². The Morgan fingerprint density at radius 3 is 2.89 bits per heavy atom. The van der Waals surface area contributed by atoms with Crippen LogP contribution in [0.25, 0.3) is 6.08 Å². The quantitative estimate of drug-likeness (QED) is 0.788. The number of carbonyl (C=O) groups is 1. The maximum atomic E-state index is 13.7. The van der Waals surface area contributed by atoms with Gasteiger partial charge in [-0.1, -0.05) is 25.5 Å². The zero-order chi connectivity index (χ0) is 13.5. The predicted octanol–water partition coefficient (Wildman–Crippen LogP) is 3.49. The van der Waals surface area contributed by atoms with Crippen molar-refractivity contribution in [2.75, 3.05) is 0 Å². The standard InChI is InChI=1S/C14H17FO3/c1-3-5-10(2)18-14-11(8-9-13(16)17)6-4-7-12(14)15/h4,6-10H,3,5H2,1-2H3,(H,16,17)/b9-8+. The van der Waals surface area contributed by atoms with Crippen LogP contribution >= 0.6 is 0 Å². The van der Waals surface area contributed by atoms with E-state index in [9.17, 15) is 9.18 Å². The van der Waals surface area contributed by atoms with Gasteiger partial charge in [0, 0.05) is 11.6 Å². The average molecular weight is 252 g/mol. The van der Waals surface area contributed by atoms with Crippen LogP contribution < -0.4 is 4.74 Å². The summed E-state index contributed by atoms with van der Waals surface area (Å²) in [6.45, 7) is 3.88. The minimum atomic E-state index is -1.08. The monoisotopic (exact) mass is 252 g/mol. The van der Waals surface area contributed by atoms with Gasteiger partial charge in [-0.15, -0.1) is 0 Å². The zero-order valence-corrected chi connectivity index (χ0v) is 10.5. The molecule has 18 heavy (non-hydrogen) atoms. The van der Waals surface area contributed by atoms with Gasteiger partial charge >= 0.3 is 5.97 Å². The van der Waals surface area contributed by atoms with Crippen LogP contribution in [0, 0.1) is 5.82 Å². The van der Waals surface area contributed by atoms with Gasteiger partial charge in [-0.25, -0.2) is 9.18 Å². The first kappa shape index (κ1) is 14.2. The molecule has 0 fully saturated rings. The lowest BCUT2D eigenvalue weighted by Gasteiger charge is -2.16. The van der Waals surface area contributed by atoms with Gasteiger partial charge in [0.15, 0.2) is 11.6 Å². The van der Waals surface area contributed by atoms with Crippen LogP contribution in [0.4, 0.5) is 4.39 Å². The normalized spacial score (nSPS) is 12.6. The number of carboxylic acid groups (broad SMARTS) is 1. The zero-order valence-electron chi connectivity index (χ0n) is 10.5. The van der Waals surface area contributed by atoms with Crippen LogP contribution in [0.3, 0.4) is 0 Å². The molecule has 0 amide bonds. The lowest BCUT2D eigenvalue weighted by Crippen LogP contribution is -2.12. The highest BCUT2D eigenvalue weighted by atomic mass is 19.1. The van der Waals surface area contributed by atoms with Crippen LogP contribution in [-0.4, -0.2) is 17.2 Å². The van der Waals surface area contributed by atoms with Gasteiger partial charge < -0.3 is 9.84 Å². The molecule has 1 aromatic rings. The highest BCUT2D eigenvalue weighted by Gasteiger charge is 2.11. The SMILES string of the molecule is CCCC(C)Oc1c(F)cccc1/C=C/C(=O)O. The molecule has 0 radical (unpaired) electrons. The van der Waals surface area contributed by atoms with E-state index in [1.54, 1.807) is 6.07 Å². The van der Waals surface area contributed by atoms with E-state index < -0.39 is 11.8 Å². The van der Waals surface area contributed by atoms with E-state index in [2.05, 4.69) is 0 Å². The van der Waals surface area contributed by atoms with Crippen molar-refractivity contribution in [1.82, 2.24) is 0 Å². The Kier molecular flexibility index (Phi) is 5.36. The average Bonchev–Trinajstić information content (AvgIpc) is 2.30. The number of hydrogen-bond donors (Lipinski definition) is 1. The molecule has 98 valence electrons. The van der Waals surface area contributed by atoms with E-state index in [-0.39, 0.29) is 11.9 Å². The lowest BCUT2D eigenvalue weighted by atomic mass is 10.1. The number of halogens is 1. The highest BCUT2D eigenvalue weighted by molar-refractivity contribution is 5.85. The molecule has 1 atom stereocenters. The molecule has 4 heteroatoms. The summed E-state index contributed by atoms with van der Waals surface area (Å²) in [7, 11) is 0. The third-order valence-corrected chi connectivity index (χ3v) is 2.42. The fourth-order valence-electron chi connectivity index (χ4n) is 1.61. The molecule has 0 spiro atoms. The van der Waals surface area contributed by atoms with Crippen molar-refractivity contribution in [3.63, 3.8) is 0 Å². The summed E-state index contributed by atoms with van der Waals surface area (Å²) in [5.74, 6) is -1.45. The molecule has 3 nitrogen and oxygen atoms in total. The van der Waals surface area contributed by atoms with E-state index in [1.807, 2.05) is 13.8 Å². The molecular weight excluding hydrogens is 235 g/mol. The van der Waals surface area contributed by atoms with Crippen molar-refractivity contribution in [1.29, 1.82) is 0 Å². The minimum absolute atomic E-state index is 0.107. The molecule has 0 aliphatic heterocycles. The Balaban J connectivity index is 2.97. The number of para-hydroxylation sites is 1. The third kappa shape index (κ3) is 4.20. The summed E-state index contributed by atoms with van der Waals surface area (Å²) in [5.41, 5.74) is 0.431. The molecule has 1 aromatic carbocycles. The molecule has 0 heterocycles. The Labute approximate surface area is 106 Å². The van der Waals surface area contributed by atoms with Crippen molar-refractivity contribution >= 4 is 12.0 Å². The fourth-order valence-corrected chi connectivity index (χ4v) is 1.61. The second kappa shape index (κ2) is 6.79. The number of carboxylic acids is 1. The Morgan fingerprint density at radius 2 is 2.28 bits per heavy atom. The summed E-state index contributed by atoms with van der Waals surface area (Å²) in [6, 6.07) is 4.44. The molecule has 1 rings (SSSR count). The number of hydrogen-bond acceptors (Lipinski definition) is 2. The van der Waals surface area contributed by atoms with Crippen LogP contribution in [0.15, 0.2) is 24.3 Å².